The van der Waals surface area contributed by atoms with Gasteiger partial charge in [-0.1, -0.05) is 0 Å². The van der Waals surface area contributed by atoms with E-state index in [1.165, 1.54) is 6.07 Å². The number of fused-ring (bicyclic) bond motifs is 1. The zero-order valence-electron chi connectivity index (χ0n) is 16.1. The van der Waals surface area contributed by atoms with Crippen LogP contribution < -0.4 is 11.1 Å². The fraction of sp³-hybridized carbons (Fsp3) is 0.421. The average molecular weight is 386 g/mol. The van der Waals surface area contributed by atoms with E-state index in [1.54, 1.807) is 20.0 Å². The summed E-state index contributed by atoms with van der Waals surface area (Å²) in [6.45, 7) is 4.86. The molecule has 9 heteroatoms. The van der Waals surface area contributed by atoms with Crippen LogP contribution in [0.2, 0.25) is 0 Å². The number of aromatic nitrogens is 4. The number of rotatable bonds is 4. The number of ether oxygens (including phenoxy) is 1. The molecular formula is C19H23FN6O2. The Morgan fingerprint density at radius 3 is 2.75 bits per heavy atom. The zero-order chi connectivity index (χ0) is 20.0. The van der Waals surface area contributed by atoms with Gasteiger partial charge in [0.2, 0.25) is 5.95 Å². The molecule has 2 aromatic heterocycles. The summed E-state index contributed by atoms with van der Waals surface area (Å²) in [6, 6.07) is 1.78. The minimum absolute atomic E-state index is 0.120. The van der Waals surface area contributed by atoms with Crippen LogP contribution in [0.3, 0.4) is 0 Å². The zero-order valence-corrected chi connectivity index (χ0v) is 16.1. The topological polar surface area (TPSA) is 100.0 Å². The van der Waals surface area contributed by atoms with Crippen molar-refractivity contribution in [3.8, 4) is 0 Å². The van der Waals surface area contributed by atoms with Gasteiger partial charge in [0.15, 0.2) is 5.65 Å². The lowest BCUT2D eigenvalue weighted by molar-refractivity contribution is 0.0631. The number of hydrogen-bond donors (Lipinski definition) is 2. The molecule has 0 radical (unpaired) electrons. The van der Waals surface area contributed by atoms with Crippen molar-refractivity contribution in [3.63, 3.8) is 0 Å². The van der Waals surface area contributed by atoms with Crippen molar-refractivity contribution in [2.24, 2.45) is 12.8 Å². The molecule has 0 atom stereocenters. The van der Waals surface area contributed by atoms with E-state index in [4.69, 9.17) is 10.5 Å². The lowest BCUT2D eigenvalue weighted by Gasteiger charge is -2.32. The number of aryl methyl sites for hydroxylation is 2. The highest BCUT2D eigenvalue weighted by Crippen LogP contribution is 2.31. The van der Waals surface area contributed by atoms with E-state index in [2.05, 4.69) is 20.0 Å². The molecule has 0 unspecified atom stereocenters. The van der Waals surface area contributed by atoms with Crippen molar-refractivity contribution in [1.29, 1.82) is 0 Å². The molecule has 3 heterocycles. The third-order valence-electron chi connectivity index (χ3n) is 5.37. The molecule has 3 aromatic rings. The number of nitrogens with zero attached hydrogens (tertiary/aromatic N) is 4. The second kappa shape index (κ2) is 6.90. The molecule has 1 amide bonds. The Morgan fingerprint density at radius 1 is 1.36 bits per heavy atom. The fourth-order valence-corrected chi connectivity index (χ4v) is 3.83. The van der Waals surface area contributed by atoms with Crippen molar-refractivity contribution < 1.29 is 13.9 Å². The predicted octanol–water partition coefficient (Wildman–Crippen LogP) is 2.72. The van der Waals surface area contributed by atoms with Gasteiger partial charge >= 0.3 is 0 Å². The van der Waals surface area contributed by atoms with Crippen molar-refractivity contribution in [2.45, 2.75) is 32.7 Å². The molecule has 3 N–H and O–H groups in total. The first kappa shape index (κ1) is 18.4. The summed E-state index contributed by atoms with van der Waals surface area (Å²) in [7, 11) is 1.99. The molecule has 0 bridgehead atoms. The summed E-state index contributed by atoms with van der Waals surface area (Å²) < 4.78 is 24.2. The molecule has 148 valence electrons. The monoisotopic (exact) mass is 386 g/mol. The second-order valence-electron chi connectivity index (χ2n) is 7.16. The molecule has 0 spiro atoms. The SMILES string of the molecule is Cc1cc(C(N)=O)c(F)c(C)c1Nc1ncc2c(n1)n(C1CCOCC1)n2C. The number of carbonyl (C=O) groups is 1. The Balaban J connectivity index is 1.69. The molecule has 1 aliphatic heterocycles. The molecule has 4 rings (SSSR count). The highest BCUT2D eigenvalue weighted by atomic mass is 19.1. The number of nitrogens with one attached hydrogen (secondary N) is 1. The summed E-state index contributed by atoms with van der Waals surface area (Å²) in [5.74, 6) is -1.04. The summed E-state index contributed by atoms with van der Waals surface area (Å²) in [5, 5.41) is 3.10. The van der Waals surface area contributed by atoms with E-state index < -0.39 is 11.7 Å². The summed E-state index contributed by atoms with van der Waals surface area (Å²) >= 11 is 0. The Labute approximate surface area is 161 Å². The van der Waals surface area contributed by atoms with Crippen molar-refractivity contribution in [3.05, 3.63) is 34.8 Å². The second-order valence-corrected chi connectivity index (χ2v) is 7.16. The number of anilines is 2. The number of hydrogen-bond acceptors (Lipinski definition) is 5. The molecule has 1 fully saturated rings. The van der Waals surface area contributed by atoms with E-state index in [1.807, 2.05) is 11.7 Å². The summed E-state index contributed by atoms with van der Waals surface area (Å²) in [5.41, 5.74) is 8.46. The van der Waals surface area contributed by atoms with E-state index in [-0.39, 0.29) is 5.56 Å². The first-order chi connectivity index (χ1) is 13.4. The highest BCUT2D eigenvalue weighted by molar-refractivity contribution is 5.94. The molecule has 1 aromatic carbocycles. The minimum atomic E-state index is -0.789. The lowest BCUT2D eigenvalue weighted by atomic mass is 10.0. The maximum Gasteiger partial charge on any atom is 0.251 e. The maximum atomic E-state index is 14.5. The first-order valence-electron chi connectivity index (χ1n) is 9.22. The van der Waals surface area contributed by atoms with Crippen molar-refractivity contribution in [2.75, 3.05) is 18.5 Å². The van der Waals surface area contributed by atoms with Crippen molar-refractivity contribution >= 4 is 28.7 Å². The highest BCUT2D eigenvalue weighted by Gasteiger charge is 2.24. The third kappa shape index (κ3) is 2.91. The Kier molecular flexibility index (Phi) is 4.54. The third-order valence-corrected chi connectivity index (χ3v) is 5.37. The Bertz CT molecular complexity index is 1060. The molecule has 1 saturated heterocycles. The van der Waals surface area contributed by atoms with Gasteiger partial charge in [0.05, 0.1) is 17.8 Å². The minimum Gasteiger partial charge on any atom is -0.381 e. The van der Waals surface area contributed by atoms with Crippen molar-refractivity contribution in [1.82, 2.24) is 19.3 Å². The smallest absolute Gasteiger partial charge is 0.251 e. The van der Waals surface area contributed by atoms with E-state index in [0.29, 0.717) is 28.8 Å². The number of carbonyl (C=O) groups excluding carboxylic acids is 1. The molecule has 0 aliphatic carbocycles. The first-order valence-corrected chi connectivity index (χ1v) is 9.22. The molecule has 28 heavy (non-hydrogen) atoms. The molecular weight excluding hydrogens is 363 g/mol. The van der Waals surface area contributed by atoms with E-state index in [9.17, 15) is 9.18 Å². The lowest BCUT2D eigenvalue weighted by Crippen LogP contribution is -2.30. The standard InChI is InChI=1S/C19H23FN6O2/c1-10-8-13(17(21)27)15(20)11(2)16(10)23-19-22-9-14-18(24-19)26(25(14)3)12-4-6-28-7-5-12/h8-9,12H,4-7H2,1-3H3,(H2,21,27)(H,22,23,24). The summed E-state index contributed by atoms with van der Waals surface area (Å²) in [6.07, 6.45) is 3.63. The number of amides is 1. The number of benzene rings is 1. The number of primary amides is 1. The van der Waals surface area contributed by atoms with Crippen LogP contribution in [0.4, 0.5) is 16.0 Å². The Morgan fingerprint density at radius 2 is 2.07 bits per heavy atom. The van der Waals surface area contributed by atoms with Gasteiger partial charge in [0, 0.05) is 31.5 Å². The normalized spacial score (nSPS) is 15.3. The van der Waals surface area contributed by atoms with Gasteiger partial charge in [0.25, 0.3) is 5.91 Å². The van der Waals surface area contributed by atoms with Gasteiger partial charge in [-0.05, 0) is 38.3 Å². The fourth-order valence-electron chi connectivity index (χ4n) is 3.83. The predicted molar refractivity (Wildman–Crippen MR) is 103 cm³/mol. The maximum absolute atomic E-state index is 14.5. The van der Waals surface area contributed by atoms with E-state index in [0.717, 1.165) is 37.2 Å². The summed E-state index contributed by atoms with van der Waals surface area (Å²) in [4.78, 5) is 20.4. The van der Waals surface area contributed by atoms with Crippen LogP contribution in [-0.4, -0.2) is 38.5 Å². The quantitative estimate of drug-likeness (QED) is 0.718. The van der Waals surface area contributed by atoms with Crippen LogP contribution in [0.1, 0.15) is 40.4 Å². The van der Waals surface area contributed by atoms with Gasteiger partial charge in [-0.2, -0.15) is 4.98 Å². The molecule has 8 nitrogen and oxygen atoms in total. The van der Waals surface area contributed by atoms with Crippen LogP contribution in [-0.2, 0) is 11.8 Å². The van der Waals surface area contributed by atoms with Crippen LogP contribution in [0.25, 0.3) is 11.2 Å². The van der Waals surface area contributed by atoms with Gasteiger partial charge in [-0.3, -0.25) is 14.2 Å². The molecule has 0 saturated carbocycles. The van der Waals surface area contributed by atoms with Gasteiger partial charge < -0.3 is 15.8 Å². The van der Waals surface area contributed by atoms with Crippen LogP contribution in [0, 0.1) is 19.7 Å². The van der Waals surface area contributed by atoms with Crippen LogP contribution in [0.15, 0.2) is 12.3 Å². The number of halogens is 1. The average Bonchev–Trinajstić information content (AvgIpc) is 2.68. The van der Waals surface area contributed by atoms with E-state index >= 15 is 0 Å². The van der Waals surface area contributed by atoms with Gasteiger partial charge in [-0.15, -0.1) is 0 Å². The van der Waals surface area contributed by atoms with Crippen LogP contribution in [0.5, 0.6) is 0 Å². The Hall–Kier alpha value is -2.94. The molecule has 1 aliphatic rings. The van der Waals surface area contributed by atoms with Gasteiger partial charge in [0.1, 0.15) is 11.3 Å². The largest absolute Gasteiger partial charge is 0.381 e. The van der Waals surface area contributed by atoms with Gasteiger partial charge in [-0.25, -0.2) is 9.37 Å². The van der Waals surface area contributed by atoms with Crippen LogP contribution >= 0.6 is 0 Å². The number of nitrogens with two attached hydrogens (primary N) is 1.